The van der Waals surface area contributed by atoms with E-state index in [0.717, 1.165) is 36.5 Å². The number of nitrogens with one attached hydrogen (secondary N) is 3. The topological polar surface area (TPSA) is 100 Å². The lowest BCUT2D eigenvalue weighted by atomic mass is 10.2. The molecular formula is C19H31IN6O2S. The van der Waals surface area contributed by atoms with Gasteiger partial charge in [0.25, 0.3) is 0 Å². The van der Waals surface area contributed by atoms with Gasteiger partial charge in [0.05, 0.1) is 10.6 Å². The van der Waals surface area contributed by atoms with E-state index in [4.69, 9.17) is 0 Å². The number of rotatable bonds is 9. The van der Waals surface area contributed by atoms with Crippen LogP contribution < -0.4 is 15.4 Å². The van der Waals surface area contributed by atoms with Gasteiger partial charge in [0.2, 0.25) is 10.0 Å². The van der Waals surface area contributed by atoms with Crippen molar-refractivity contribution in [3.63, 3.8) is 0 Å². The predicted molar refractivity (Wildman–Crippen MR) is 127 cm³/mol. The van der Waals surface area contributed by atoms with Gasteiger partial charge < -0.3 is 10.6 Å². The Morgan fingerprint density at radius 1 is 1.07 bits per heavy atom. The van der Waals surface area contributed by atoms with Gasteiger partial charge in [0.15, 0.2) is 5.96 Å². The summed E-state index contributed by atoms with van der Waals surface area (Å²) in [4.78, 5) is 4.42. The Labute approximate surface area is 190 Å². The van der Waals surface area contributed by atoms with Gasteiger partial charge >= 0.3 is 0 Å². The Hall–Kier alpha value is -1.66. The molecule has 10 heteroatoms. The van der Waals surface area contributed by atoms with Crippen LogP contribution in [0.3, 0.4) is 0 Å². The molecule has 0 aliphatic rings. The second-order valence-electron chi connectivity index (χ2n) is 6.64. The first kappa shape index (κ1) is 25.4. The number of aromatic nitrogens is 2. The minimum atomic E-state index is -3.50. The fourth-order valence-electron chi connectivity index (χ4n) is 2.72. The average Bonchev–Trinajstić information content (AvgIpc) is 2.98. The van der Waals surface area contributed by atoms with Crippen LogP contribution in [0.15, 0.2) is 40.2 Å². The van der Waals surface area contributed by atoms with Crippen molar-refractivity contribution in [3.05, 3.63) is 47.3 Å². The van der Waals surface area contributed by atoms with Crippen LogP contribution >= 0.6 is 24.0 Å². The van der Waals surface area contributed by atoms with Crippen LogP contribution in [0.5, 0.6) is 0 Å². The summed E-state index contributed by atoms with van der Waals surface area (Å²) in [6, 6.07) is 8.84. The van der Waals surface area contributed by atoms with Crippen LogP contribution in [0.25, 0.3) is 0 Å². The van der Waals surface area contributed by atoms with Gasteiger partial charge in [0, 0.05) is 38.9 Å². The van der Waals surface area contributed by atoms with Crippen LogP contribution in [-0.2, 0) is 16.6 Å². The minimum Gasteiger partial charge on any atom is -0.356 e. The normalized spacial score (nSPS) is 11.8. The van der Waals surface area contributed by atoms with E-state index in [2.05, 4.69) is 31.5 Å². The molecule has 0 fully saturated rings. The standard InChI is InChI=1S/C19H30N6O2S.HI/c1-15-6-8-18(9-7-15)28(26,27)23-12-11-22-19(20-4)21-10-5-13-25-17(3)14-16(2)24-25;/h6-9,14,23H,5,10-13H2,1-4H3,(H2,20,21,22);1H. The molecule has 0 spiro atoms. The van der Waals surface area contributed by atoms with Crippen LogP contribution in [0, 0.1) is 20.8 Å². The molecule has 0 unspecified atom stereocenters. The summed E-state index contributed by atoms with van der Waals surface area (Å²) >= 11 is 0. The molecule has 0 aliphatic heterocycles. The number of nitrogens with zero attached hydrogens (tertiary/aromatic N) is 3. The zero-order valence-corrected chi connectivity index (χ0v) is 20.5. The maximum atomic E-state index is 12.2. The average molecular weight is 534 g/mol. The van der Waals surface area contributed by atoms with E-state index in [1.807, 2.05) is 25.5 Å². The second kappa shape index (κ2) is 12.1. The quantitative estimate of drug-likeness (QED) is 0.198. The lowest BCUT2D eigenvalue weighted by Crippen LogP contribution is -2.42. The fraction of sp³-hybridized carbons (Fsp3) is 0.474. The number of guanidine groups is 1. The number of halogens is 1. The molecule has 0 atom stereocenters. The van der Waals surface area contributed by atoms with Gasteiger partial charge in [-0.15, -0.1) is 24.0 Å². The Morgan fingerprint density at radius 2 is 1.72 bits per heavy atom. The maximum absolute atomic E-state index is 12.2. The molecule has 162 valence electrons. The molecule has 0 aliphatic carbocycles. The van der Waals surface area contributed by atoms with Crippen molar-refractivity contribution in [2.45, 2.75) is 38.6 Å². The van der Waals surface area contributed by atoms with Crippen molar-refractivity contribution < 1.29 is 8.42 Å². The summed E-state index contributed by atoms with van der Waals surface area (Å²) in [5, 5.41) is 10.8. The Morgan fingerprint density at radius 3 is 2.31 bits per heavy atom. The van der Waals surface area contributed by atoms with Gasteiger partial charge in [-0.05, 0) is 45.4 Å². The third-order valence-electron chi connectivity index (χ3n) is 4.21. The number of benzene rings is 1. The molecule has 1 aromatic carbocycles. The van der Waals surface area contributed by atoms with Crippen LogP contribution in [0.4, 0.5) is 0 Å². The number of aryl methyl sites for hydroxylation is 4. The predicted octanol–water partition coefficient (Wildman–Crippen LogP) is 1.96. The number of sulfonamides is 1. The minimum absolute atomic E-state index is 0. The van der Waals surface area contributed by atoms with Crippen molar-refractivity contribution in [1.29, 1.82) is 0 Å². The number of aliphatic imine (C=N–C) groups is 1. The van der Waals surface area contributed by atoms with E-state index < -0.39 is 10.0 Å². The molecule has 2 rings (SSSR count). The highest BCUT2D eigenvalue weighted by Crippen LogP contribution is 2.09. The first-order chi connectivity index (χ1) is 13.3. The molecule has 29 heavy (non-hydrogen) atoms. The highest BCUT2D eigenvalue weighted by molar-refractivity contribution is 14.0. The third-order valence-corrected chi connectivity index (χ3v) is 5.68. The van der Waals surface area contributed by atoms with Crippen molar-refractivity contribution >= 4 is 40.0 Å². The fourth-order valence-corrected chi connectivity index (χ4v) is 3.76. The van der Waals surface area contributed by atoms with Gasteiger partial charge in [-0.1, -0.05) is 17.7 Å². The highest BCUT2D eigenvalue weighted by atomic mass is 127. The molecule has 3 N–H and O–H groups in total. The summed E-state index contributed by atoms with van der Waals surface area (Å²) in [5.74, 6) is 0.642. The first-order valence-electron chi connectivity index (χ1n) is 9.34. The Balaban J connectivity index is 0.00000420. The molecule has 0 saturated heterocycles. The van der Waals surface area contributed by atoms with Gasteiger partial charge in [-0.2, -0.15) is 5.10 Å². The summed E-state index contributed by atoms with van der Waals surface area (Å²) in [7, 11) is -1.81. The molecule has 0 saturated carbocycles. The van der Waals surface area contributed by atoms with E-state index in [9.17, 15) is 8.42 Å². The lowest BCUT2D eigenvalue weighted by Gasteiger charge is -2.13. The largest absolute Gasteiger partial charge is 0.356 e. The first-order valence-corrected chi connectivity index (χ1v) is 10.8. The van der Waals surface area contributed by atoms with E-state index in [-0.39, 0.29) is 35.4 Å². The third kappa shape index (κ3) is 8.31. The zero-order valence-electron chi connectivity index (χ0n) is 17.4. The highest BCUT2D eigenvalue weighted by Gasteiger charge is 2.12. The summed E-state index contributed by atoms with van der Waals surface area (Å²) in [5.41, 5.74) is 3.20. The van der Waals surface area contributed by atoms with Crippen molar-refractivity contribution in [1.82, 2.24) is 25.1 Å². The molecule has 2 aromatic rings. The van der Waals surface area contributed by atoms with Crippen molar-refractivity contribution in [2.75, 3.05) is 26.7 Å². The van der Waals surface area contributed by atoms with Crippen molar-refractivity contribution in [3.8, 4) is 0 Å². The monoisotopic (exact) mass is 534 g/mol. The van der Waals surface area contributed by atoms with Crippen LogP contribution in [-0.4, -0.2) is 50.8 Å². The lowest BCUT2D eigenvalue weighted by molar-refractivity contribution is 0.555. The zero-order chi connectivity index (χ0) is 20.6. The molecular weight excluding hydrogens is 503 g/mol. The van der Waals surface area contributed by atoms with E-state index >= 15 is 0 Å². The van der Waals surface area contributed by atoms with Gasteiger partial charge in [-0.3, -0.25) is 9.67 Å². The van der Waals surface area contributed by atoms with Gasteiger partial charge in [-0.25, -0.2) is 13.1 Å². The molecule has 8 nitrogen and oxygen atoms in total. The Kier molecular flexibility index (Phi) is 10.6. The molecule has 0 amide bonds. The second-order valence-corrected chi connectivity index (χ2v) is 8.41. The van der Waals surface area contributed by atoms with E-state index in [1.54, 1.807) is 31.3 Å². The van der Waals surface area contributed by atoms with Crippen molar-refractivity contribution in [2.24, 2.45) is 4.99 Å². The maximum Gasteiger partial charge on any atom is 0.240 e. The SMILES string of the molecule is CN=C(NCCCn1nc(C)cc1C)NCCNS(=O)(=O)c1ccc(C)cc1.I. The molecule has 0 bridgehead atoms. The summed E-state index contributed by atoms with van der Waals surface area (Å²) in [6.07, 6.45) is 0.905. The molecule has 1 heterocycles. The molecule has 0 radical (unpaired) electrons. The summed E-state index contributed by atoms with van der Waals surface area (Å²) in [6.45, 7) is 8.23. The number of hydrogen-bond acceptors (Lipinski definition) is 4. The number of hydrogen-bond donors (Lipinski definition) is 3. The van der Waals surface area contributed by atoms with Crippen LogP contribution in [0.2, 0.25) is 0 Å². The van der Waals surface area contributed by atoms with E-state index in [1.165, 1.54) is 0 Å². The summed E-state index contributed by atoms with van der Waals surface area (Å²) < 4.78 is 29.1. The smallest absolute Gasteiger partial charge is 0.240 e. The van der Waals surface area contributed by atoms with Crippen LogP contribution in [0.1, 0.15) is 23.4 Å². The Bertz CT molecular complexity index is 894. The molecule has 1 aromatic heterocycles. The van der Waals surface area contributed by atoms with Gasteiger partial charge in [0.1, 0.15) is 0 Å². The van der Waals surface area contributed by atoms with E-state index in [0.29, 0.717) is 12.5 Å².